The zero-order valence-electron chi connectivity index (χ0n) is 14.2. The Morgan fingerprint density at radius 1 is 1.13 bits per heavy atom. The van der Waals surface area contributed by atoms with Gasteiger partial charge in [-0.1, -0.05) is 24.3 Å². The molecule has 2 heterocycles. The number of aromatic nitrogens is 3. The molecule has 23 heavy (non-hydrogen) atoms. The van der Waals surface area contributed by atoms with Crippen LogP contribution in [0.15, 0.2) is 36.5 Å². The van der Waals surface area contributed by atoms with Crippen LogP contribution >= 0.6 is 0 Å². The van der Waals surface area contributed by atoms with Gasteiger partial charge in [0.15, 0.2) is 0 Å². The monoisotopic (exact) mass is 309 g/mol. The van der Waals surface area contributed by atoms with Crippen LogP contribution < -0.4 is 10.2 Å². The van der Waals surface area contributed by atoms with E-state index in [1.807, 2.05) is 24.0 Å². The molecule has 3 rings (SSSR count). The molecule has 0 saturated carbocycles. The van der Waals surface area contributed by atoms with Gasteiger partial charge in [0.2, 0.25) is 0 Å². The van der Waals surface area contributed by atoms with Crippen molar-refractivity contribution in [1.29, 1.82) is 0 Å². The minimum Gasteiger partial charge on any atom is -0.363 e. The number of fused-ring (bicyclic) bond motifs is 1. The summed E-state index contributed by atoms with van der Waals surface area (Å²) in [4.78, 5) is 6.62. The number of aryl methyl sites for hydroxylation is 2. The van der Waals surface area contributed by atoms with Gasteiger partial charge in [-0.15, -0.1) is 0 Å². The van der Waals surface area contributed by atoms with Gasteiger partial charge in [-0.25, -0.2) is 0 Å². The molecular formula is C18H23N5. The summed E-state index contributed by atoms with van der Waals surface area (Å²) in [5, 5.41) is 9.25. The Bertz CT molecular complexity index is 814. The first-order chi connectivity index (χ1) is 11.1. The van der Waals surface area contributed by atoms with E-state index in [0.29, 0.717) is 0 Å². The summed E-state index contributed by atoms with van der Waals surface area (Å²) in [7, 11) is 6.09. The fourth-order valence-electron chi connectivity index (χ4n) is 3.09. The number of nitrogens with one attached hydrogen (secondary N) is 1. The standard InChI is InChI=1S/C18H23N5/c1-13-16(18(22(2)3)23(4)21-13)12-19-11-15-8-5-7-14-9-6-10-20-17(14)15/h5-10,19H,11-12H2,1-4H3. The van der Waals surface area contributed by atoms with E-state index in [9.17, 15) is 0 Å². The highest BCUT2D eigenvalue weighted by molar-refractivity contribution is 5.81. The molecule has 0 fully saturated rings. The Labute approximate surface area is 136 Å². The topological polar surface area (TPSA) is 46.0 Å². The van der Waals surface area contributed by atoms with Crippen molar-refractivity contribution in [2.75, 3.05) is 19.0 Å². The van der Waals surface area contributed by atoms with Crippen molar-refractivity contribution in [2.45, 2.75) is 20.0 Å². The van der Waals surface area contributed by atoms with Crippen molar-refractivity contribution in [2.24, 2.45) is 7.05 Å². The van der Waals surface area contributed by atoms with E-state index in [4.69, 9.17) is 0 Å². The first-order valence-corrected chi connectivity index (χ1v) is 7.81. The van der Waals surface area contributed by atoms with E-state index in [2.05, 4.69) is 65.6 Å². The number of pyridine rings is 1. The first kappa shape index (κ1) is 15.5. The van der Waals surface area contributed by atoms with Crippen LogP contribution in [0, 0.1) is 6.92 Å². The van der Waals surface area contributed by atoms with Crippen LogP contribution in [-0.2, 0) is 20.1 Å². The second-order valence-electron chi connectivity index (χ2n) is 6.00. The average molecular weight is 309 g/mol. The van der Waals surface area contributed by atoms with Crippen LogP contribution in [0.4, 0.5) is 5.82 Å². The third-order valence-corrected chi connectivity index (χ3v) is 4.07. The number of para-hydroxylation sites is 1. The zero-order chi connectivity index (χ0) is 16.4. The molecule has 0 aliphatic rings. The highest BCUT2D eigenvalue weighted by Crippen LogP contribution is 2.21. The summed E-state index contributed by atoms with van der Waals surface area (Å²) < 4.78 is 1.94. The molecule has 120 valence electrons. The fourth-order valence-corrected chi connectivity index (χ4v) is 3.09. The van der Waals surface area contributed by atoms with E-state index >= 15 is 0 Å². The van der Waals surface area contributed by atoms with E-state index in [-0.39, 0.29) is 0 Å². The lowest BCUT2D eigenvalue weighted by molar-refractivity contribution is 0.691. The smallest absolute Gasteiger partial charge is 0.130 e. The normalized spacial score (nSPS) is 11.1. The molecule has 0 aliphatic heterocycles. The van der Waals surface area contributed by atoms with Crippen LogP contribution in [0.1, 0.15) is 16.8 Å². The van der Waals surface area contributed by atoms with Gasteiger partial charge in [0.1, 0.15) is 5.82 Å². The van der Waals surface area contributed by atoms with Crippen LogP contribution in [0.5, 0.6) is 0 Å². The van der Waals surface area contributed by atoms with Gasteiger partial charge in [0.25, 0.3) is 0 Å². The number of hydrogen-bond donors (Lipinski definition) is 1. The average Bonchev–Trinajstić information content (AvgIpc) is 2.81. The summed E-state index contributed by atoms with van der Waals surface area (Å²) in [5.41, 5.74) is 4.60. The van der Waals surface area contributed by atoms with Crippen molar-refractivity contribution in [3.05, 3.63) is 53.3 Å². The van der Waals surface area contributed by atoms with Crippen molar-refractivity contribution >= 4 is 16.7 Å². The maximum absolute atomic E-state index is 4.53. The number of anilines is 1. The molecule has 3 aromatic rings. The molecule has 0 amide bonds. The van der Waals surface area contributed by atoms with Gasteiger partial charge in [0, 0.05) is 51.4 Å². The van der Waals surface area contributed by atoms with Gasteiger partial charge in [-0.05, 0) is 18.6 Å². The third-order valence-electron chi connectivity index (χ3n) is 4.07. The third kappa shape index (κ3) is 3.05. The predicted molar refractivity (Wildman–Crippen MR) is 94.6 cm³/mol. The first-order valence-electron chi connectivity index (χ1n) is 7.81. The van der Waals surface area contributed by atoms with Gasteiger partial charge >= 0.3 is 0 Å². The molecular weight excluding hydrogens is 286 g/mol. The molecule has 0 spiro atoms. The predicted octanol–water partition coefficient (Wildman–Crippen LogP) is 2.63. The number of nitrogens with zero attached hydrogens (tertiary/aromatic N) is 4. The Morgan fingerprint density at radius 3 is 2.70 bits per heavy atom. The Balaban J connectivity index is 1.77. The summed E-state index contributed by atoms with van der Waals surface area (Å²) in [6, 6.07) is 10.4. The van der Waals surface area contributed by atoms with E-state index in [1.54, 1.807) is 0 Å². The Kier molecular flexibility index (Phi) is 4.30. The van der Waals surface area contributed by atoms with Gasteiger partial charge in [-0.3, -0.25) is 9.67 Å². The molecule has 0 atom stereocenters. The minimum absolute atomic E-state index is 0.787. The minimum atomic E-state index is 0.787. The van der Waals surface area contributed by atoms with Crippen molar-refractivity contribution < 1.29 is 0 Å². The maximum atomic E-state index is 4.53. The number of rotatable bonds is 5. The highest BCUT2D eigenvalue weighted by atomic mass is 15.4. The Morgan fingerprint density at radius 2 is 1.91 bits per heavy atom. The van der Waals surface area contributed by atoms with E-state index in [1.165, 1.54) is 16.5 Å². The van der Waals surface area contributed by atoms with Crippen LogP contribution in [0.3, 0.4) is 0 Å². The largest absolute Gasteiger partial charge is 0.363 e. The van der Waals surface area contributed by atoms with E-state index in [0.717, 1.165) is 30.1 Å². The summed E-state index contributed by atoms with van der Waals surface area (Å²) in [6.07, 6.45) is 1.85. The lowest BCUT2D eigenvalue weighted by atomic mass is 10.1. The summed E-state index contributed by atoms with van der Waals surface area (Å²) in [6.45, 7) is 3.63. The molecule has 5 nitrogen and oxygen atoms in total. The Hall–Kier alpha value is -2.40. The number of benzene rings is 1. The van der Waals surface area contributed by atoms with E-state index < -0.39 is 0 Å². The van der Waals surface area contributed by atoms with Crippen LogP contribution in [-0.4, -0.2) is 28.9 Å². The molecule has 1 N–H and O–H groups in total. The molecule has 0 bridgehead atoms. The van der Waals surface area contributed by atoms with Gasteiger partial charge in [0.05, 0.1) is 11.2 Å². The molecule has 0 aliphatic carbocycles. The SMILES string of the molecule is Cc1nn(C)c(N(C)C)c1CNCc1cccc2cccnc12. The van der Waals surface area contributed by atoms with Crippen LogP contribution in [0.2, 0.25) is 0 Å². The second-order valence-corrected chi connectivity index (χ2v) is 6.00. The molecule has 1 aromatic carbocycles. The van der Waals surface area contributed by atoms with Gasteiger partial charge in [-0.2, -0.15) is 5.10 Å². The second kappa shape index (κ2) is 6.38. The van der Waals surface area contributed by atoms with Crippen molar-refractivity contribution in [3.63, 3.8) is 0 Å². The molecule has 0 saturated heterocycles. The maximum Gasteiger partial charge on any atom is 0.130 e. The fraction of sp³-hybridized carbons (Fsp3) is 0.333. The van der Waals surface area contributed by atoms with Crippen molar-refractivity contribution in [1.82, 2.24) is 20.1 Å². The van der Waals surface area contributed by atoms with Crippen molar-refractivity contribution in [3.8, 4) is 0 Å². The zero-order valence-corrected chi connectivity index (χ0v) is 14.2. The lowest BCUT2D eigenvalue weighted by Crippen LogP contribution is -2.19. The molecule has 5 heteroatoms. The molecule has 0 radical (unpaired) electrons. The summed E-state index contributed by atoms with van der Waals surface area (Å²) >= 11 is 0. The number of hydrogen-bond acceptors (Lipinski definition) is 4. The summed E-state index contributed by atoms with van der Waals surface area (Å²) in [5.74, 6) is 1.14. The van der Waals surface area contributed by atoms with Gasteiger partial charge < -0.3 is 10.2 Å². The quantitative estimate of drug-likeness (QED) is 0.787. The molecule has 0 unspecified atom stereocenters. The highest BCUT2D eigenvalue weighted by Gasteiger charge is 2.14. The lowest BCUT2D eigenvalue weighted by Gasteiger charge is -2.16. The molecule has 2 aromatic heterocycles. The van der Waals surface area contributed by atoms with Crippen LogP contribution in [0.25, 0.3) is 10.9 Å².